The molecule has 114 valence electrons. The number of hydrogen-bond acceptors (Lipinski definition) is 3. The van der Waals surface area contributed by atoms with E-state index >= 15 is 0 Å². The van der Waals surface area contributed by atoms with Crippen LogP contribution in [0, 0.1) is 6.92 Å². The fourth-order valence-electron chi connectivity index (χ4n) is 2.27. The van der Waals surface area contributed by atoms with E-state index in [1.807, 2.05) is 51.3 Å². The maximum atomic E-state index is 12.3. The quantitative estimate of drug-likeness (QED) is 0.883. The Balaban J connectivity index is 2.56. The fourth-order valence-corrected chi connectivity index (χ4v) is 2.42. The first-order valence-corrected chi connectivity index (χ1v) is 7.54. The summed E-state index contributed by atoms with van der Waals surface area (Å²) in [5.74, 6) is 0.599. The van der Waals surface area contributed by atoms with Gasteiger partial charge in [0.05, 0.1) is 5.38 Å². The molecular formula is C15H21ClN4O. The minimum atomic E-state index is -0.414. The Labute approximate surface area is 129 Å². The van der Waals surface area contributed by atoms with Crippen LogP contribution in [0.3, 0.4) is 0 Å². The van der Waals surface area contributed by atoms with E-state index < -0.39 is 6.04 Å². The number of fused-ring (bicyclic) bond motifs is 1. The van der Waals surface area contributed by atoms with Crippen LogP contribution < -0.4 is 5.32 Å². The molecule has 2 unspecified atom stereocenters. The summed E-state index contributed by atoms with van der Waals surface area (Å²) >= 11 is 6.23. The average molecular weight is 309 g/mol. The van der Waals surface area contributed by atoms with Crippen LogP contribution >= 0.6 is 11.6 Å². The Morgan fingerprint density at radius 2 is 1.90 bits per heavy atom. The highest BCUT2D eigenvalue weighted by Crippen LogP contribution is 2.27. The third-order valence-electron chi connectivity index (χ3n) is 3.26. The van der Waals surface area contributed by atoms with Gasteiger partial charge in [-0.1, -0.05) is 0 Å². The maximum absolute atomic E-state index is 12.3. The maximum Gasteiger partial charge on any atom is 0.243 e. The molecule has 21 heavy (non-hydrogen) atoms. The van der Waals surface area contributed by atoms with Gasteiger partial charge in [-0.05, 0) is 46.8 Å². The van der Waals surface area contributed by atoms with Gasteiger partial charge in [-0.25, -0.2) is 9.97 Å². The smallest absolute Gasteiger partial charge is 0.243 e. The number of alkyl halides is 1. The van der Waals surface area contributed by atoms with Crippen LogP contribution in [0.1, 0.15) is 50.6 Å². The van der Waals surface area contributed by atoms with Gasteiger partial charge in [0.2, 0.25) is 5.91 Å². The van der Waals surface area contributed by atoms with Crippen molar-refractivity contribution in [2.45, 2.75) is 52.1 Å². The van der Waals surface area contributed by atoms with Crippen molar-refractivity contribution in [3.63, 3.8) is 0 Å². The Morgan fingerprint density at radius 3 is 2.48 bits per heavy atom. The second-order valence-electron chi connectivity index (χ2n) is 5.59. The van der Waals surface area contributed by atoms with Crippen LogP contribution in [0.25, 0.3) is 11.2 Å². The standard InChI is InChI=1S/C15H21ClN4O/c1-8(2)17-15(21)11(5)20-13(10(4)16)19-12-7-6-9(3)18-14(12)20/h6-8,10-11H,1-5H3,(H,17,21). The second-order valence-corrected chi connectivity index (χ2v) is 6.25. The molecule has 0 saturated carbocycles. The first-order valence-electron chi connectivity index (χ1n) is 7.11. The predicted octanol–water partition coefficient (Wildman–Crippen LogP) is 3.13. The molecule has 0 aromatic carbocycles. The average Bonchev–Trinajstić information content (AvgIpc) is 2.75. The zero-order valence-electron chi connectivity index (χ0n) is 13.0. The molecule has 2 rings (SSSR count). The molecule has 1 amide bonds. The molecule has 2 heterocycles. The van der Waals surface area contributed by atoms with Crippen LogP contribution in [0.2, 0.25) is 0 Å². The van der Waals surface area contributed by atoms with E-state index in [0.29, 0.717) is 11.5 Å². The van der Waals surface area contributed by atoms with Crippen LogP contribution in [0.4, 0.5) is 0 Å². The van der Waals surface area contributed by atoms with Crippen LogP contribution in [0.15, 0.2) is 12.1 Å². The van der Waals surface area contributed by atoms with Crippen LogP contribution in [0.5, 0.6) is 0 Å². The largest absolute Gasteiger partial charge is 0.352 e. The molecule has 6 heteroatoms. The number of carbonyl (C=O) groups excluding carboxylic acids is 1. The Morgan fingerprint density at radius 1 is 1.24 bits per heavy atom. The van der Waals surface area contributed by atoms with E-state index in [1.165, 1.54) is 0 Å². The van der Waals surface area contributed by atoms with E-state index in [1.54, 1.807) is 0 Å². The van der Waals surface area contributed by atoms with E-state index in [2.05, 4.69) is 15.3 Å². The van der Waals surface area contributed by atoms with Crippen LogP contribution in [-0.4, -0.2) is 26.5 Å². The lowest BCUT2D eigenvalue weighted by Gasteiger charge is -2.19. The zero-order valence-corrected chi connectivity index (χ0v) is 13.8. The SMILES string of the molecule is Cc1ccc2nc(C(C)Cl)n(C(C)C(=O)NC(C)C)c2n1. The summed E-state index contributed by atoms with van der Waals surface area (Å²) in [4.78, 5) is 21.4. The molecule has 0 aliphatic rings. The highest BCUT2D eigenvalue weighted by atomic mass is 35.5. The summed E-state index contributed by atoms with van der Waals surface area (Å²) in [7, 11) is 0. The molecule has 0 radical (unpaired) electrons. The van der Waals surface area contributed by atoms with Gasteiger partial charge in [-0.3, -0.25) is 9.36 Å². The van der Waals surface area contributed by atoms with Gasteiger partial charge in [0.1, 0.15) is 17.4 Å². The molecular weight excluding hydrogens is 288 g/mol. The molecule has 2 atom stereocenters. The third-order valence-corrected chi connectivity index (χ3v) is 3.45. The number of aryl methyl sites for hydroxylation is 1. The molecule has 0 spiro atoms. The second kappa shape index (κ2) is 6.02. The number of aromatic nitrogens is 3. The Kier molecular flexibility index (Phi) is 4.52. The molecule has 0 bridgehead atoms. The van der Waals surface area contributed by atoms with Gasteiger partial charge in [-0.2, -0.15) is 0 Å². The van der Waals surface area contributed by atoms with Gasteiger partial charge in [-0.15, -0.1) is 11.6 Å². The lowest BCUT2D eigenvalue weighted by atomic mass is 10.2. The molecule has 1 N–H and O–H groups in total. The molecule has 0 aliphatic heterocycles. The van der Waals surface area contributed by atoms with Crippen molar-refractivity contribution in [1.82, 2.24) is 19.9 Å². The van der Waals surface area contributed by atoms with Gasteiger partial charge < -0.3 is 5.32 Å². The normalized spacial score (nSPS) is 14.4. The van der Waals surface area contributed by atoms with Crippen molar-refractivity contribution < 1.29 is 4.79 Å². The molecule has 2 aromatic heterocycles. The Bertz CT molecular complexity index is 663. The number of hydrogen-bond donors (Lipinski definition) is 1. The summed E-state index contributed by atoms with van der Waals surface area (Å²) < 4.78 is 1.83. The molecule has 2 aromatic rings. The summed E-state index contributed by atoms with van der Waals surface area (Å²) in [5, 5.41) is 2.62. The van der Waals surface area contributed by atoms with Gasteiger partial charge in [0, 0.05) is 11.7 Å². The highest BCUT2D eigenvalue weighted by molar-refractivity contribution is 6.20. The van der Waals surface area contributed by atoms with Crippen molar-refractivity contribution >= 4 is 28.7 Å². The Hall–Kier alpha value is -1.62. The van der Waals surface area contributed by atoms with Crippen molar-refractivity contribution in [2.24, 2.45) is 0 Å². The lowest BCUT2D eigenvalue weighted by Crippen LogP contribution is -2.36. The van der Waals surface area contributed by atoms with Crippen molar-refractivity contribution in [3.8, 4) is 0 Å². The van der Waals surface area contributed by atoms with Crippen LogP contribution in [-0.2, 0) is 4.79 Å². The number of nitrogens with zero attached hydrogens (tertiary/aromatic N) is 3. The summed E-state index contributed by atoms with van der Waals surface area (Å²) in [6, 6.07) is 3.48. The number of rotatable bonds is 4. The predicted molar refractivity (Wildman–Crippen MR) is 84.5 cm³/mol. The van der Waals surface area contributed by atoms with Gasteiger partial charge in [0.15, 0.2) is 5.65 Å². The molecule has 0 fully saturated rings. The first-order chi connectivity index (χ1) is 9.81. The van der Waals surface area contributed by atoms with E-state index in [9.17, 15) is 4.79 Å². The lowest BCUT2D eigenvalue weighted by molar-refractivity contribution is -0.124. The summed E-state index contributed by atoms with van der Waals surface area (Å²) in [5.41, 5.74) is 2.34. The van der Waals surface area contributed by atoms with E-state index in [-0.39, 0.29) is 17.3 Å². The monoisotopic (exact) mass is 308 g/mol. The number of halogens is 1. The fraction of sp³-hybridized carbons (Fsp3) is 0.533. The minimum absolute atomic E-state index is 0.0637. The van der Waals surface area contributed by atoms with E-state index in [4.69, 9.17) is 11.6 Å². The number of nitrogens with one attached hydrogen (secondary N) is 1. The van der Waals surface area contributed by atoms with Gasteiger partial charge in [0.25, 0.3) is 0 Å². The van der Waals surface area contributed by atoms with Crippen molar-refractivity contribution in [3.05, 3.63) is 23.7 Å². The first kappa shape index (κ1) is 15.8. The molecule has 0 aliphatic carbocycles. The van der Waals surface area contributed by atoms with E-state index in [0.717, 1.165) is 11.2 Å². The minimum Gasteiger partial charge on any atom is -0.352 e. The third kappa shape index (κ3) is 3.18. The zero-order chi connectivity index (χ0) is 15.7. The highest BCUT2D eigenvalue weighted by Gasteiger charge is 2.24. The number of imidazole rings is 1. The summed E-state index contributed by atoms with van der Waals surface area (Å²) in [6.45, 7) is 9.47. The van der Waals surface area contributed by atoms with Crippen molar-refractivity contribution in [2.75, 3.05) is 0 Å². The topological polar surface area (TPSA) is 59.8 Å². The molecule has 0 saturated heterocycles. The van der Waals surface area contributed by atoms with Gasteiger partial charge >= 0.3 is 0 Å². The summed E-state index contributed by atoms with van der Waals surface area (Å²) in [6.07, 6.45) is 0. The van der Waals surface area contributed by atoms with Crippen molar-refractivity contribution in [1.29, 1.82) is 0 Å². The number of carbonyl (C=O) groups is 1. The number of amides is 1. The number of pyridine rings is 1. The molecule has 5 nitrogen and oxygen atoms in total.